The van der Waals surface area contributed by atoms with E-state index in [0.717, 1.165) is 16.8 Å². The van der Waals surface area contributed by atoms with E-state index >= 15 is 0 Å². The van der Waals surface area contributed by atoms with Crippen LogP contribution in [0, 0.1) is 0 Å². The zero-order valence-electron chi connectivity index (χ0n) is 13.9. The van der Waals surface area contributed by atoms with Gasteiger partial charge in [-0.15, -0.1) is 0 Å². The Morgan fingerprint density at radius 3 is 2.92 bits per heavy atom. The first-order chi connectivity index (χ1) is 12.6. The van der Waals surface area contributed by atoms with E-state index in [9.17, 15) is 9.90 Å². The Balaban J connectivity index is 1.63. The summed E-state index contributed by atoms with van der Waals surface area (Å²) in [4.78, 5) is 26.3. The van der Waals surface area contributed by atoms with Crippen LogP contribution in [-0.4, -0.2) is 31.5 Å². The van der Waals surface area contributed by atoms with Gasteiger partial charge in [0.1, 0.15) is 11.4 Å². The third-order valence-corrected chi connectivity index (χ3v) is 4.83. The maximum atomic E-state index is 12.4. The SMILES string of the molecule is O=c1[nH]c(-c2ccccn2)nc2c1CCN(Cc1cccc(Cl)c1O)C2. The molecule has 0 aliphatic carbocycles. The molecule has 1 aromatic carbocycles. The molecule has 0 fully saturated rings. The largest absolute Gasteiger partial charge is 0.506 e. The highest BCUT2D eigenvalue weighted by Crippen LogP contribution is 2.29. The molecule has 3 heterocycles. The van der Waals surface area contributed by atoms with Crippen molar-refractivity contribution in [2.75, 3.05) is 6.54 Å². The van der Waals surface area contributed by atoms with E-state index in [1.807, 2.05) is 30.3 Å². The van der Waals surface area contributed by atoms with E-state index in [1.54, 1.807) is 12.3 Å². The number of para-hydroxylation sites is 1. The van der Waals surface area contributed by atoms with E-state index in [2.05, 4.69) is 19.9 Å². The molecule has 2 N–H and O–H groups in total. The molecule has 0 radical (unpaired) electrons. The van der Waals surface area contributed by atoms with Crippen LogP contribution in [0.3, 0.4) is 0 Å². The highest BCUT2D eigenvalue weighted by Gasteiger charge is 2.22. The van der Waals surface area contributed by atoms with E-state index in [1.165, 1.54) is 0 Å². The number of aromatic nitrogens is 3. The Kier molecular flexibility index (Phi) is 4.44. The topological polar surface area (TPSA) is 82.1 Å². The number of hydrogen-bond donors (Lipinski definition) is 2. The lowest BCUT2D eigenvalue weighted by Crippen LogP contribution is -2.35. The zero-order chi connectivity index (χ0) is 18.1. The summed E-state index contributed by atoms with van der Waals surface area (Å²) in [5.74, 6) is 0.579. The van der Waals surface area contributed by atoms with Crippen LogP contribution in [0.25, 0.3) is 11.5 Å². The summed E-state index contributed by atoms with van der Waals surface area (Å²) < 4.78 is 0. The Labute approximate surface area is 155 Å². The second kappa shape index (κ2) is 6.90. The number of hydrogen-bond acceptors (Lipinski definition) is 5. The van der Waals surface area contributed by atoms with Gasteiger partial charge in [-0.3, -0.25) is 14.7 Å². The van der Waals surface area contributed by atoms with Crippen LogP contribution < -0.4 is 5.56 Å². The molecule has 2 aromatic heterocycles. The molecule has 4 rings (SSSR count). The number of nitrogens with one attached hydrogen (secondary N) is 1. The summed E-state index contributed by atoms with van der Waals surface area (Å²) >= 11 is 5.99. The molecule has 0 saturated heterocycles. The van der Waals surface area contributed by atoms with Gasteiger partial charge in [-0.2, -0.15) is 0 Å². The molecule has 132 valence electrons. The second-order valence-corrected chi connectivity index (χ2v) is 6.67. The Hall–Kier alpha value is -2.70. The predicted octanol–water partition coefficient (Wildman–Crippen LogP) is 2.75. The number of aromatic amines is 1. The molecule has 0 atom stereocenters. The zero-order valence-corrected chi connectivity index (χ0v) is 14.7. The molecule has 7 heteroatoms. The minimum Gasteiger partial charge on any atom is -0.506 e. The monoisotopic (exact) mass is 368 g/mol. The summed E-state index contributed by atoms with van der Waals surface area (Å²) in [6.45, 7) is 1.79. The number of benzene rings is 1. The van der Waals surface area contributed by atoms with Gasteiger partial charge >= 0.3 is 0 Å². The van der Waals surface area contributed by atoms with Crippen molar-refractivity contribution in [2.24, 2.45) is 0 Å². The lowest BCUT2D eigenvalue weighted by molar-refractivity contribution is 0.237. The number of aromatic hydroxyl groups is 1. The average Bonchev–Trinajstić information content (AvgIpc) is 2.66. The Morgan fingerprint density at radius 1 is 1.23 bits per heavy atom. The molecule has 0 saturated carbocycles. The molecule has 1 aliphatic heterocycles. The Bertz CT molecular complexity index is 1000. The van der Waals surface area contributed by atoms with Crippen LogP contribution in [-0.2, 0) is 19.5 Å². The smallest absolute Gasteiger partial charge is 0.254 e. The van der Waals surface area contributed by atoms with Gasteiger partial charge in [0.05, 0.1) is 10.7 Å². The first-order valence-corrected chi connectivity index (χ1v) is 8.72. The fourth-order valence-corrected chi connectivity index (χ4v) is 3.38. The van der Waals surface area contributed by atoms with Gasteiger partial charge in [0.25, 0.3) is 5.56 Å². The quantitative estimate of drug-likeness (QED) is 0.742. The molecule has 26 heavy (non-hydrogen) atoms. The molecule has 0 unspecified atom stereocenters. The number of rotatable bonds is 3. The first-order valence-electron chi connectivity index (χ1n) is 8.34. The van der Waals surface area contributed by atoms with Crippen molar-refractivity contribution in [3.63, 3.8) is 0 Å². The molecule has 0 spiro atoms. The van der Waals surface area contributed by atoms with Crippen LogP contribution in [0.2, 0.25) is 5.02 Å². The lowest BCUT2D eigenvalue weighted by atomic mass is 10.1. The molecule has 0 amide bonds. The minimum atomic E-state index is -0.110. The molecular formula is C19H17ClN4O2. The third kappa shape index (κ3) is 3.21. The van der Waals surface area contributed by atoms with Crippen molar-refractivity contribution in [1.29, 1.82) is 0 Å². The molecule has 0 bridgehead atoms. The van der Waals surface area contributed by atoms with E-state index < -0.39 is 0 Å². The number of fused-ring (bicyclic) bond motifs is 1. The predicted molar refractivity (Wildman–Crippen MR) is 99.0 cm³/mol. The maximum Gasteiger partial charge on any atom is 0.254 e. The van der Waals surface area contributed by atoms with Crippen LogP contribution >= 0.6 is 11.6 Å². The van der Waals surface area contributed by atoms with Gasteiger partial charge in [0, 0.05) is 37.0 Å². The van der Waals surface area contributed by atoms with Gasteiger partial charge < -0.3 is 10.1 Å². The summed E-state index contributed by atoms with van der Waals surface area (Å²) in [6, 6.07) is 10.8. The first kappa shape index (κ1) is 16.8. The molecular weight excluding hydrogens is 352 g/mol. The van der Waals surface area contributed by atoms with Crippen LogP contribution in [0.15, 0.2) is 47.4 Å². The maximum absolute atomic E-state index is 12.4. The van der Waals surface area contributed by atoms with Gasteiger partial charge in [-0.1, -0.05) is 29.8 Å². The fraction of sp³-hybridized carbons (Fsp3) is 0.211. The number of halogens is 1. The number of phenolic OH excluding ortho intramolecular Hbond substituents is 1. The van der Waals surface area contributed by atoms with Gasteiger partial charge in [0.2, 0.25) is 0 Å². The van der Waals surface area contributed by atoms with Crippen LogP contribution in [0.4, 0.5) is 0 Å². The Morgan fingerprint density at radius 2 is 2.12 bits per heavy atom. The third-order valence-electron chi connectivity index (χ3n) is 4.52. The summed E-state index contributed by atoms with van der Waals surface area (Å²) in [5, 5.41) is 10.5. The average molecular weight is 369 g/mol. The van der Waals surface area contributed by atoms with Gasteiger partial charge in [-0.05, 0) is 24.6 Å². The van der Waals surface area contributed by atoms with E-state index in [0.29, 0.717) is 42.6 Å². The lowest BCUT2D eigenvalue weighted by Gasteiger charge is -2.28. The van der Waals surface area contributed by atoms with E-state index in [-0.39, 0.29) is 11.3 Å². The number of H-pyrrole nitrogens is 1. The number of pyridine rings is 1. The second-order valence-electron chi connectivity index (χ2n) is 6.26. The van der Waals surface area contributed by atoms with E-state index in [4.69, 9.17) is 11.6 Å². The number of nitrogens with zero attached hydrogens (tertiary/aromatic N) is 3. The van der Waals surface area contributed by atoms with Crippen molar-refractivity contribution in [3.05, 3.63) is 74.8 Å². The summed E-state index contributed by atoms with van der Waals surface area (Å²) in [5.41, 5.74) is 2.76. The number of phenols is 1. The summed E-state index contributed by atoms with van der Waals surface area (Å²) in [6.07, 6.45) is 2.28. The highest BCUT2D eigenvalue weighted by atomic mass is 35.5. The summed E-state index contributed by atoms with van der Waals surface area (Å²) in [7, 11) is 0. The molecule has 1 aliphatic rings. The van der Waals surface area contributed by atoms with Gasteiger partial charge in [-0.25, -0.2) is 4.98 Å². The van der Waals surface area contributed by atoms with Crippen LogP contribution in [0.5, 0.6) is 5.75 Å². The standard InChI is InChI=1S/C19H17ClN4O2/c20-14-5-3-4-12(17(14)25)10-24-9-7-13-16(11-24)22-18(23-19(13)26)15-6-1-2-8-21-15/h1-6,8,25H,7,9-11H2,(H,22,23,26). The highest BCUT2D eigenvalue weighted by molar-refractivity contribution is 6.32. The normalized spacial score (nSPS) is 14.2. The van der Waals surface area contributed by atoms with Crippen molar-refractivity contribution in [2.45, 2.75) is 19.5 Å². The fourth-order valence-electron chi connectivity index (χ4n) is 3.18. The van der Waals surface area contributed by atoms with Crippen molar-refractivity contribution in [3.8, 4) is 17.3 Å². The van der Waals surface area contributed by atoms with Crippen LogP contribution in [0.1, 0.15) is 16.8 Å². The van der Waals surface area contributed by atoms with Gasteiger partial charge in [0.15, 0.2) is 5.82 Å². The van der Waals surface area contributed by atoms with Crippen molar-refractivity contribution >= 4 is 11.6 Å². The van der Waals surface area contributed by atoms with Crippen molar-refractivity contribution < 1.29 is 5.11 Å². The molecule has 6 nitrogen and oxygen atoms in total. The minimum absolute atomic E-state index is 0.105. The molecule has 3 aromatic rings. The van der Waals surface area contributed by atoms with Crippen molar-refractivity contribution in [1.82, 2.24) is 19.9 Å².